The molecule has 1 atom stereocenters. The number of halogens is 2. The summed E-state index contributed by atoms with van der Waals surface area (Å²) in [5.41, 5.74) is 2.03. The third-order valence-electron chi connectivity index (χ3n) is 6.04. The predicted molar refractivity (Wildman–Crippen MR) is 138 cm³/mol. The van der Waals surface area contributed by atoms with E-state index in [-0.39, 0.29) is 17.4 Å². The minimum Gasteiger partial charge on any atom is -0.328 e. The van der Waals surface area contributed by atoms with Gasteiger partial charge in [-0.15, -0.1) is 0 Å². The molecule has 0 saturated carbocycles. The molecule has 1 unspecified atom stereocenters. The average molecular weight is 492 g/mol. The lowest BCUT2D eigenvalue weighted by Gasteiger charge is -2.32. The standard InChI is InChI=1S/C28H27ClFN3O2/c1-17(2)16-32(27(34)20-12-14-21(30)15-13-20)19(4)26-31-24-10-6-5-8-22(24)28(35)33(26)25-11-7-9-23(29)18(25)3/h5-15,17,19H,16H2,1-4H3. The quantitative estimate of drug-likeness (QED) is 0.316. The number of rotatable bonds is 6. The Kier molecular flexibility index (Phi) is 7.03. The fourth-order valence-electron chi connectivity index (χ4n) is 4.21. The van der Waals surface area contributed by atoms with E-state index in [1.165, 1.54) is 24.3 Å². The largest absolute Gasteiger partial charge is 0.328 e. The molecule has 3 aromatic carbocycles. The molecule has 1 aromatic heterocycles. The zero-order valence-corrected chi connectivity index (χ0v) is 20.9. The Morgan fingerprint density at radius 3 is 2.40 bits per heavy atom. The van der Waals surface area contributed by atoms with Gasteiger partial charge in [-0.3, -0.25) is 14.2 Å². The zero-order valence-electron chi connectivity index (χ0n) is 20.1. The molecular formula is C28H27ClFN3O2. The van der Waals surface area contributed by atoms with Gasteiger partial charge in [-0.25, -0.2) is 9.37 Å². The Hall–Kier alpha value is -3.51. The van der Waals surface area contributed by atoms with Crippen molar-refractivity contribution in [1.29, 1.82) is 0 Å². The van der Waals surface area contributed by atoms with Crippen molar-refractivity contribution in [1.82, 2.24) is 14.5 Å². The maximum absolute atomic E-state index is 13.8. The van der Waals surface area contributed by atoms with Gasteiger partial charge in [0.2, 0.25) is 0 Å². The van der Waals surface area contributed by atoms with E-state index in [1.54, 1.807) is 39.8 Å². The number of benzene rings is 3. The second-order valence-electron chi connectivity index (χ2n) is 9.05. The Morgan fingerprint density at radius 2 is 1.71 bits per heavy atom. The summed E-state index contributed by atoms with van der Waals surface area (Å²) >= 11 is 6.41. The van der Waals surface area contributed by atoms with Crippen LogP contribution in [0, 0.1) is 18.7 Å². The SMILES string of the molecule is Cc1c(Cl)cccc1-n1c(C(C)N(CC(C)C)C(=O)c2ccc(F)cc2)nc2ccccc2c1=O. The van der Waals surface area contributed by atoms with E-state index in [9.17, 15) is 14.0 Å². The van der Waals surface area contributed by atoms with Crippen LogP contribution in [-0.2, 0) is 0 Å². The summed E-state index contributed by atoms with van der Waals surface area (Å²) in [5.74, 6) is -0.0972. The van der Waals surface area contributed by atoms with E-state index in [1.807, 2.05) is 39.8 Å². The van der Waals surface area contributed by atoms with E-state index in [0.29, 0.717) is 39.5 Å². The van der Waals surface area contributed by atoms with Crippen molar-refractivity contribution < 1.29 is 9.18 Å². The topological polar surface area (TPSA) is 55.2 Å². The maximum Gasteiger partial charge on any atom is 0.266 e. The van der Waals surface area contributed by atoms with E-state index >= 15 is 0 Å². The first kappa shape index (κ1) is 24.6. The van der Waals surface area contributed by atoms with Gasteiger partial charge in [-0.1, -0.05) is 43.6 Å². The highest BCUT2D eigenvalue weighted by Crippen LogP contribution is 2.28. The summed E-state index contributed by atoms with van der Waals surface area (Å²) in [6.45, 7) is 8.16. The van der Waals surface area contributed by atoms with E-state index in [0.717, 1.165) is 5.56 Å². The molecule has 0 bridgehead atoms. The molecule has 0 radical (unpaired) electrons. The van der Waals surface area contributed by atoms with Gasteiger partial charge in [0.25, 0.3) is 11.5 Å². The van der Waals surface area contributed by atoms with Crippen molar-refractivity contribution >= 4 is 28.4 Å². The van der Waals surface area contributed by atoms with Crippen LogP contribution in [0.5, 0.6) is 0 Å². The van der Waals surface area contributed by atoms with E-state index in [4.69, 9.17) is 16.6 Å². The Bertz CT molecular complexity index is 1450. The minimum absolute atomic E-state index is 0.149. The van der Waals surface area contributed by atoms with Crippen molar-refractivity contribution in [3.05, 3.63) is 105 Å². The van der Waals surface area contributed by atoms with Crippen LogP contribution in [0.4, 0.5) is 4.39 Å². The number of nitrogens with zero attached hydrogens (tertiary/aromatic N) is 3. The molecule has 35 heavy (non-hydrogen) atoms. The Labute approximate surface area is 208 Å². The highest BCUT2D eigenvalue weighted by Gasteiger charge is 2.28. The third-order valence-corrected chi connectivity index (χ3v) is 6.45. The fraction of sp³-hybridized carbons (Fsp3) is 0.250. The highest BCUT2D eigenvalue weighted by atomic mass is 35.5. The summed E-state index contributed by atoms with van der Waals surface area (Å²) in [7, 11) is 0. The van der Waals surface area contributed by atoms with E-state index in [2.05, 4.69) is 0 Å². The molecule has 4 rings (SSSR count). The minimum atomic E-state index is -0.564. The second kappa shape index (κ2) is 10.0. The Balaban J connectivity index is 1.95. The van der Waals surface area contributed by atoms with Crippen LogP contribution >= 0.6 is 11.6 Å². The molecule has 7 heteroatoms. The number of fused-ring (bicyclic) bond motifs is 1. The maximum atomic E-state index is 13.8. The molecule has 0 spiro atoms. The first-order valence-corrected chi connectivity index (χ1v) is 11.9. The lowest BCUT2D eigenvalue weighted by molar-refractivity contribution is 0.0655. The van der Waals surface area contributed by atoms with Crippen molar-refractivity contribution in [2.45, 2.75) is 33.7 Å². The van der Waals surface area contributed by atoms with Crippen molar-refractivity contribution in [3.63, 3.8) is 0 Å². The third kappa shape index (κ3) is 4.84. The summed E-state index contributed by atoms with van der Waals surface area (Å²) < 4.78 is 15.1. The normalized spacial score (nSPS) is 12.2. The molecule has 180 valence electrons. The molecule has 0 N–H and O–H groups in total. The van der Waals surface area contributed by atoms with Gasteiger partial charge in [-0.2, -0.15) is 0 Å². The van der Waals surface area contributed by atoms with Crippen LogP contribution in [-0.4, -0.2) is 26.9 Å². The van der Waals surface area contributed by atoms with Gasteiger partial charge in [0.1, 0.15) is 11.6 Å². The summed E-state index contributed by atoms with van der Waals surface area (Å²) in [6.07, 6.45) is 0. The fourth-order valence-corrected chi connectivity index (χ4v) is 4.38. The van der Waals surface area contributed by atoms with Crippen LogP contribution in [0.15, 0.2) is 71.5 Å². The van der Waals surface area contributed by atoms with Crippen LogP contribution in [0.1, 0.15) is 48.6 Å². The number of carbonyl (C=O) groups is 1. The van der Waals surface area contributed by atoms with E-state index < -0.39 is 11.9 Å². The number of hydrogen-bond donors (Lipinski definition) is 0. The molecule has 0 aliphatic carbocycles. The van der Waals surface area contributed by atoms with Gasteiger partial charge in [-0.05, 0) is 73.9 Å². The number of amides is 1. The average Bonchev–Trinajstić information content (AvgIpc) is 2.84. The molecular weight excluding hydrogens is 465 g/mol. The molecule has 0 aliphatic rings. The highest BCUT2D eigenvalue weighted by molar-refractivity contribution is 6.31. The van der Waals surface area contributed by atoms with Crippen molar-refractivity contribution in [3.8, 4) is 5.69 Å². The number of para-hydroxylation sites is 1. The summed E-state index contributed by atoms with van der Waals surface area (Å²) in [4.78, 5) is 33.9. The monoisotopic (exact) mass is 491 g/mol. The van der Waals surface area contributed by atoms with Crippen LogP contribution in [0.25, 0.3) is 16.6 Å². The van der Waals surface area contributed by atoms with Gasteiger partial charge >= 0.3 is 0 Å². The molecule has 1 amide bonds. The first-order valence-electron chi connectivity index (χ1n) is 11.5. The molecule has 0 aliphatic heterocycles. The summed E-state index contributed by atoms with van der Waals surface area (Å²) in [5, 5.41) is 1.01. The van der Waals surface area contributed by atoms with Gasteiger partial charge in [0.05, 0.1) is 22.6 Å². The molecule has 4 aromatic rings. The Morgan fingerprint density at radius 1 is 1.03 bits per heavy atom. The van der Waals surface area contributed by atoms with Crippen LogP contribution in [0.3, 0.4) is 0 Å². The molecule has 5 nitrogen and oxygen atoms in total. The first-order chi connectivity index (χ1) is 16.7. The number of hydrogen-bond acceptors (Lipinski definition) is 3. The van der Waals surface area contributed by atoms with Crippen molar-refractivity contribution in [2.24, 2.45) is 5.92 Å². The molecule has 0 saturated heterocycles. The summed E-state index contributed by atoms with van der Waals surface area (Å²) in [6, 6.07) is 17.5. The lowest BCUT2D eigenvalue weighted by Crippen LogP contribution is -2.39. The number of carbonyl (C=O) groups excluding carboxylic acids is 1. The predicted octanol–water partition coefficient (Wildman–Crippen LogP) is 6.35. The van der Waals surface area contributed by atoms with Crippen LogP contribution < -0.4 is 5.56 Å². The second-order valence-corrected chi connectivity index (χ2v) is 9.45. The zero-order chi connectivity index (χ0) is 25.3. The smallest absolute Gasteiger partial charge is 0.266 e. The van der Waals surface area contributed by atoms with Crippen molar-refractivity contribution in [2.75, 3.05) is 6.54 Å². The van der Waals surface area contributed by atoms with Gasteiger partial charge < -0.3 is 4.90 Å². The van der Waals surface area contributed by atoms with Gasteiger partial charge in [0.15, 0.2) is 0 Å². The molecule has 0 fully saturated rings. The van der Waals surface area contributed by atoms with Gasteiger partial charge in [0, 0.05) is 17.1 Å². The lowest BCUT2D eigenvalue weighted by atomic mass is 10.1. The van der Waals surface area contributed by atoms with Crippen LogP contribution in [0.2, 0.25) is 5.02 Å². The number of aromatic nitrogens is 2. The molecule has 1 heterocycles.